The summed E-state index contributed by atoms with van der Waals surface area (Å²) in [7, 11) is 1.67. The minimum atomic E-state index is -0.0818. The van der Waals surface area contributed by atoms with Crippen molar-refractivity contribution in [3.05, 3.63) is 64.7 Å². The number of benzene rings is 2. The van der Waals surface area contributed by atoms with E-state index in [1.54, 1.807) is 7.11 Å². The lowest BCUT2D eigenvalue weighted by Crippen LogP contribution is -2.49. The topological polar surface area (TPSA) is 42.0 Å². The predicted molar refractivity (Wildman–Crippen MR) is 129 cm³/mol. The number of carbonyl (C=O) groups is 1. The second kappa shape index (κ2) is 12.2. The molecule has 32 heavy (non-hydrogen) atoms. The molecule has 0 aliphatic carbocycles. The molecule has 174 valence electrons. The minimum absolute atomic E-state index is 0.0818. The van der Waals surface area contributed by atoms with Gasteiger partial charge in [-0.25, -0.2) is 0 Å². The summed E-state index contributed by atoms with van der Waals surface area (Å²) >= 11 is 6.10. The molecule has 1 fully saturated rings. The van der Waals surface area contributed by atoms with Gasteiger partial charge in [-0.05, 0) is 47.7 Å². The Morgan fingerprint density at radius 2 is 1.78 bits per heavy atom. The van der Waals surface area contributed by atoms with Gasteiger partial charge in [0.25, 0.3) is 0 Å². The number of piperazine rings is 1. The molecular formula is C26H35ClN2O3. The molecular weight excluding hydrogens is 424 g/mol. The molecule has 0 radical (unpaired) electrons. The van der Waals surface area contributed by atoms with Crippen LogP contribution in [0.3, 0.4) is 0 Å². The largest absolute Gasteiger partial charge is 0.497 e. The highest BCUT2D eigenvalue weighted by molar-refractivity contribution is 6.30. The van der Waals surface area contributed by atoms with Gasteiger partial charge in [0.1, 0.15) is 5.75 Å². The summed E-state index contributed by atoms with van der Waals surface area (Å²) < 4.78 is 11.7. The van der Waals surface area contributed by atoms with E-state index in [-0.39, 0.29) is 12.0 Å². The minimum Gasteiger partial charge on any atom is -0.497 e. The van der Waals surface area contributed by atoms with Crippen LogP contribution < -0.4 is 4.74 Å². The number of amides is 1. The first-order valence-electron chi connectivity index (χ1n) is 11.4. The van der Waals surface area contributed by atoms with Crippen LogP contribution in [0.15, 0.2) is 48.5 Å². The molecule has 1 aliphatic rings. The molecule has 0 N–H and O–H groups in total. The summed E-state index contributed by atoms with van der Waals surface area (Å²) in [6.45, 7) is 8.87. The van der Waals surface area contributed by atoms with E-state index < -0.39 is 0 Å². The second-order valence-electron chi connectivity index (χ2n) is 8.82. The first-order chi connectivity index (χ1) is 15.4. The van der Waals surface area contributed by atoms with Crippen LogP contribution in [0.5, 0.6) is 5.75 Å². The van der Waals surface area contributed by atoms with Crippen molar-refractivity contribution in [2.45, 2.75) is 39.4 Å². The molecule has 5 nitrogen and oxygen atoms in total. The Hall–Kier alpha value is -2.08. The van der Waals surface area contributed by atoms with E-state index in [1.165, 1.54) is 0 Å². The predicted octanol–water partition coefficient (Wildman–Crippen LogP) is 5.19. The molecule has 0 saturated carbocycles. The van der Waals surface area contributed by atoms with E-state index in [0.29, 0.717) is 24.0 Å². The molecule has 0 aromatic heterocycles. The molecule has 1 saturated heterocycles. The van der Waals surface area contributed by atoms with Crippen molar-refractivity contribution < 1.29 is 14.3 Å². The highest BCUT2D eigenvalue weighted by Gasteiger charge is 2.24. The van der Waals surface area contributed by atoms with Gasteiger partial charge in [-0.3, -0.25) is 9.69 Å². The molecule has 6 heteroatoms. The Balaban J connectivity index is 1.59. The fraction of sp³-hybridized carbons (Fsp3) is 0.500. The zero-order valence-electron chi connectivity index (χ0n) is 19.4. The zero-order chi connectivity index (χ0) is 22.9. The highest BCUT2D eigenvalue weighted by Crippen LogP contribution is 2.24. The summed E-state index contributed by atoms with van der Waals surface area (Å²) in [6.07, 6.45) is 1.52. The van der Waals surface area contributed by atoms with Gasteiger partial charge in [0.05, 0.1) is 19.8 Å². The number of hydrogen-bond donors (Lipinski definition) is 0. The van der Waals surface area contributed by atoms with E-state index in [1.807, 2.05) is 53.4 Å². The van der Waals surface area contributed by atoms with Crippen molar-refractivity contribution in [2.75, 3.05) is 39.8 Å². The number of hydrogen-bond acceptors (Lipinski definition) is 4. The number of nitrogens with zero attached hydrogens (tertiary/aromatic N) is 2. The Morgan fingerprint density at radius 1 is 1.06 bits per heavy atom. The van der Waals surface area contributed by atoms with Gasteiger partial charge in [-0.1, -0.05) is 49.7 Å². The number of rotatable bonds is 10. The molecule has 0 spiro atoms. The molecule has 2 aromatic carbocycles. The van der Waals surface area contributed by atoms with Crippen molar-refractivity contribution in [1.29, 1.82) is 0 Å². The van der Waals surface area contributed by atoms with Crippen LogP contribution in [0.2, 0.25) is 5.02 Å². The third-order valence-electron chi connectivity index (χ3n) is 5.91. The van der Waals surface area contributed by atoms with Crippen LogP contribution in [-0.4, -0.2) is 55.5 Å². The van der Waals surface area contributed by atoms with Crippen molar-refractivity contribution in [3.63, 3.8) is 0 Å². The summed E-state index contributed by atoms with van der Waals surface area (Å²) in [5.74, 6) is 1.66. The summed E-state index contributed by atoms with van der Waals surface area (Å²) in [4.78, 5) is 16.8. The third kappa shape index (κ3) is 7.51. The number of ether oxygens (including phenoxy) is 2. The molecule has 1 aliphatic heterocycles. The normalized spacial score (nSPS) is 15.7. The van der Waals surface area contributed by atoms with E-state index >= 15 is 0 Å². The van der Waals surface area contributed by atoms with Gasteiger partial charge < -0.3 is 14.4 Å². The number of halogens is 1. The maximum atomic E-state index is 12.5. The van der Waals surface area contributed by atoms with Crippen molar-refractivity contribution >= 4 is 17.5 Å². The van der Waals surface area contributed by atoms with Gasteiger partial charge in [0.2, 0.25) is 5.91 Å². The van der Waals surface area contributed by atoms with Crippen molar-refractivity contribution in [1.82, 2.24) is 9.80 Å². The summed E-state index contributed by atoms with van der Waals surface area (Å²) in [5.41, 5.74) is 2.18. The number of methoxy groups -OCH3 is 1. The fourth-order valence-corrected chi connectivity index (χ4v) is 4.00. The van der Waals surface area contributed by atoms with Crippen molar-refractivity contribution in [3.8, 4) is 5.75 Å². The van der Waals surface area contributed by atoms with Crippen LogP contribution in [-0.2, 0) is 16.1 Å². The quantitative estimate of drug-likeness (QED) is 0.491. The van der Waals surface area contributed by atoms with Gasteiger partial charge in [0.15, 0.2) is 0 Å². The molecule has 1 heterocycles. The van der Waals surface area contributed by atoms with Crippen LogP contribution in [0.1, 0.15) is 43.9 Å². The summed E-state index contributed by atoms with van der Waals surface area (Å²) in [5, 5.41) is 0.717. The van der Waals surface area contributed by atoms with E-state index in [9.17, 15) is 4.79 Å². The average molecular weight is 459 g/mol. The van der Waals surface area contributed by atoms with Crippen LogP contribution >= 0.6 is 11.6 Å². The van der Waals surface area contributed by atoms with Crippen LogP contribution in [0, 0.1) is 5.92 Å². The van der Waals surface area contributed by atoms with E-state index in [0.717, 1.165) is 56.0 Å². The number of carbonyl (C=O) groups excluding carboxylic acids is 1. The summed E-state index contributed by atoms with van der Waals surface area (Å²) in [6, 6.07) is 15.8. The lowest BCUT2D eigenvalue weighted by atomic mass is 10.1. The first kappa shape index (κ1) is 24.6. The second-order valence-corrected chi connectivity index (χ2v) is 9.25. The smallest absolute Gasteiger partial charge is 0.222 e. The standard InChI is InChI=1S/C26H35ClN2O3/c1-20(2)7-12-26(30)29-15-13-28(14-16-29)18-25(22-8-10-23(27)11-9-22)32-19-21-5-4-6-24(17-21)31-3/h4-6,8-11,17,20,25H,7,12-16,18-19H2,1-3H3/t25-/m0/s1. The van der Waals surface area contributed by atoms with Gasteiger partial charge >= 0.3 is 0 Å². The van der Waals surface area contributed by atoms with Gasteiger partial charge in [-0.15, -0.1) is 0 Å². The SMILES string of the molecule is COc1cccc(CO[C@@H](CN2CCN(C(=O)CCC(C)C)CC2)c2ccc(Cl)cc2)c1. The Kier molecular flexibility index (Phi) is 9.39. The van der Waals surface area contributed by atoms with Gasteiger partial charge in [0, 0.05) is 44.2 Å². The van der Waals surface area contributed by atoms with Gasteiger partial charge in [-0.2, -0.15) is 0 Å². The van der Waals surface area contributed by atoms with Crippen LogP contribution in [0.25, 0.3) is 0 Å². The zero-order valence-corrected chi connectivity index (χ0v) is 20.2. The first-order valence-corrected chi connectivity index (χ1v) is 11.8. The Bertz CT molecular complexity index is 848. The van der Waals surface area contributed by atoms with E-state index in [4.69, 9.17) is 21.1 Å². The maximum absolute atomic E-state index is 12.5. The monoisotopic (exact) mass is 458 g/mol. The molecule has 1 atom stereocenters. The third-order valence-corrected chi connectivity index (χ3v) is 6.16. The molecule has 2 aromatic rings. The lowest BCUT2D eigenvalue weighted by molar-refractivity contribution is -0.133. The fourth-order valence-electron chi connectivity index (χ4n) is 3.88. The molecule has 3 rings (SSSR count). The maximum Gasteiger partial charge on any atom is 0.222 e. The lowest BCUT2D eigenvalue weighted by Gasteiger charge is -2.36. The molecule has 1 amide bonds. The van der Waals surface area contributed by atoms with Crippen LogP contribution in [0.4, 0.5) is 0 Å². The molecule has 0 bridgehead atoms. The Labute approximate surface area is 197 Å². The Morgan fingerprint density at radius 3 is 2.44 bits per heavy atom. The van der Waals surface area contributed by atoms with E-state index in [2.05, 4.69) is 18.7 Å². The molecule has 0 unspecified atom stereocenters. The van der Waals surface area contributed by atoms with Crippen molar-refractivity contribution in [2.24, 2.45) is 5.92 Å². The average Bonchev–Trinajstić information content (AvgIpc) is 2.81. The highest BCUT2D eigenvalue weighted by atomic mass is 35.5.